The molecule has 2 atom stereocenters. The molecule has 2 aliphatic rings. The molecule has 2 heterocycles. The van der Waals surface area contributed by atoms with Crippen molar-refractivity contribution in [3.05, 3.63) is 34.9 Å². The van der Waals surface area contributed by atoms with Gasteiger partial charge in [0.25, 0.3) is 11.8 Å². The van der Waals surface area contributed by atoms with E-state index in [0.29, 0.717) is 24.1 Å². The number of imide groups is 1. The third kappa shape index (κ3) is 2.46. The van der Waals surface area contributed by atoms with Gasteiger partial charge in [0.2, 0.25) is 5.91 Å². The Balaban J connectivity index is 1.76. The van der Waals surface area contributed by atoms with Gasteiger partial charge in [-0.2, -0.15) is 0 Å². The van der Waals surface area contributed by atoms with Gasteiger partial charge >= 0.3 is 5.97 Å². The predicted molar refractivity (Wildman–Crippen MR) is 83.5 cm³/mol. The van der Waals surface area contributed by atoms with Crippen LogP contribution >= 0.6 is 0 Å². The Kier molecular flexibility index (Phi) is 3.87. The van der Waals surface area contributed by atoms with Gasteiger partial charge < -0.3 is 10.0 Å². The highest BCUT2D eigenvalue weighted by Crippen LogP contribution is 2.27. The average molecular weight is 330 g/mol. The highest BCUT2D eigenvalue weighted by atomic mass is 16.4. The van der Waals surface area contributed by atoms with Crippen LogP contribution in [-0.2, 0) is 9.59 Å². The van der Waals surface area contributed by atoms with Crippen LogP contribution in [0.1, 0.15) is 39.6 Å². The molecule has 2 aliphatic heterocycles. The van der Waals surface area contributed by atoms with Gasteiger partial charge in [0.1, 0.15) is 6.54 Å². The van der Waals surface area contributed by atoms with Crippen LogP contribution in [0.25, 0.3) is 0 Å². The van der Waals surface area contributed by atoms with Gasteiger partial charge in [-0.3, -0.25) is 24.1 Å². The lowest BCUT2D eigenvalue weighted by Crippen LogP contribution is -2.45. The van der Waals surface area contributed by atoms with Crippen molar-refractivity contribution >= 4 is 23.7 Å². The maximum Gasteiger partial charge on any atom is 0.308 e. The van der Waals surface area contributed by atoms with Crippen LogP contribution in [0.4, 0.5) is 0 Å². The summed E-state index contributed by atoms with van der Waals surface area (Å²) in [5, 5.41) is 9.14. The largest absolute Gasteiger partial charge is 0.481 e. The molecule has 24 heavy (non-hydrogen) atoms. The molecule has 3 amide bonds. The summed E-state index contributed by atoms with van der Waals surface area (Å²) < 4.78 is 0. The van der Waals surface area contributed by atoms with E-state index in [0.717, 1.165) is 10.5 Å². The van der Waals surface area contributed by atoms with Gasteiger partial charge in [-0.1, -0.05) is 11.6 Å². The standard InChI is InChI=1S/C17H18N2O5/c1-9-3-4-12-13(7-9)16(22)19(15(12)21)8-14(20)18-6-5-11(10(18)2)17(23)24/h3-4,7,10-11H,5-6,8H2,1-2H3,(H,23,24). The average Bonchev–Trinajstić information content (AvgIpc) is 3.01. The second-order valence-electron chi connectivity index (χ2n) is 6.31. The van der Waals surface area contributed by atoms with Gasteiger partial charge in [0, 0.05) is 12.6 Å². The van der Waals surface area contributed by atoms with Crippen molar-refractivity contribution in [2.45, 2.75) is 26.3 Å². The highest BCUT2D eigenvalue weighted by Gasteiger charge is 2.41. The van der Waals surface area contributed by atoms with Crippen molar-refractivity contribution in [2.75, 3.05) is 13.1 Å². The van der Waals surface area contributed by atoms with Crippen LogP contribution in [0.2, 0.25) is 0 Å². The Labute approximate surface area is 138 Å². The number of likely N-dealkylation sites (tertiary alicyclic amines) is 1. The molecule has 0 bridgehead atoms. The lowest BCUT2D eigenvalue weighted by molar-refractivity contribution is -0.143. The number of fused-ring (bicyclic) bond motifs is 1. The number of rotatable bonds is 3. The summed E-state index contributed by atoms with van der Waals surface area (Å²) >= 11 is 0. The SMILES string of the molecule is Cc1ccc2c(c1)C(=O)N(CC(=O)N1CCC(C(=O)O)C1C)C2=O. The second kappa shape index (κ2) is 5.74. The van der Waals surface area contributed by atoms with Gasteiger partial charge in [0.15, 0.2) is 0 Å². The number of aliphatic carboxylic acids is 1. The van der Waals surface area contributed by atoms with Crippen LogP contribution in [0.3, 0.4) is 0 Å². The molecular weight excluding hydrogens is 312 g/mol. The molecule has 1 aromatic carbocycles. The molecular formula is C17H18N2O5. The van der Waals surface area contributed by atoms with E-state index in [-0.39, 0.29) is 6.54 Å². The minimum absolute atomic E-state index is 0.302. The first kappa shape index (κ1) is 16.2. The van der Waals surface area contributed by atoms with E-state index < -0.39 is 35.7 Å². The number of carbonyl (C=O) groups excluding carboxylic acids is 3. The summed E-state index contributed by atoms with van der Waals surface area (Å²) in [6.07, 6.45) is 0.379. The molecule has 1 N–H and O–H groups in total. The Morgan fingerprint density at radius 2 is 1.88 bits per heavy atom. The third-order valence-corrected chi connectivity index (χ3v) is 4.81. The fraction of sp³-hybridized carbons (Fsp3) is 0.412. The van der Waals surface area contributed by atoms with Crippen molar-refractivity contribution in [2.24, 2.45) is 5.92 Å². The first-order valence-electron chi connectivity index (χ1n) is 7.80. The molecule has 0 spiro atoms. The number of hydrogen-bond donors (Lipinski definition) is 1. The zero-order valence-corrected chi connectivity index (χ0v) is 13.5. The Morgan fingerprint density at radius 3 is 2.50 bits per heavy atom. The molecule has 2 unspecified atom stereocenters. The number of carboxylic acids is 1. The van der Waals surface area contributed by atoms with E-state index >= 15 is 0 Å². The number of amides is 3. The zero-order valence-electron chi connectivity index (χ0n) is 13.5. The minimum Gasteiger partial charge on any atom is -0.481 e. The van der Waals surface area contributed by atoms with Crippen molar-refractivity contribution in [3.8, 4) is 0 Å². The number of aryl methyl sites for hydroxylation is 1. The van der Waals surface area contributed by atoms with Crippen LogP contribution in [0.5, 0.6) is 0 Å². The summed E-state index contributed by atoms with van der Waals surface area (Å²) in [5.74, 6) is -2.91. The van der Waals surface area contributed by atoms with Crippen molar-refractivity contribution in [1.29, 1.82) is 0 Å². The zero-order chi connectivity index (χ0) is 17.6. The van der Waals surface area contributed by atoms with E-state index in [1.54, 1.807) is 25.1 Å². The first-order chi connectivity index (χ1) is 11.3. The van der Waals surface area contributed by atoms with E-state index in [1.165, 1.54) is 4.90 Å². The van der Waals surface area contributed by atoms with Gasteiger partial charge in [-0.15, -0.1) is 0 Å². The summed E-state index contributed by atoms with van der Waals surface area (Å²) in [4.78, 5) is 50.8. The number of hydrogen-bond acceptors (Lipinski definition) is 4. The van der Waals surface area contributed by atoms with Crippen LogP contribution in [-0.4, -0.2) is 57.7 Å². The quantitative estimate of drug-likeness (QED) is 0.831. The first-order valence-corrected chi connectivity index (χ1v) is 7.80. The predicted octanol–water partition coefficient (Wildman–Crippen LogP) is 0.913. The van der Waals surface area contributed by atoms with Gasteiger partial charge in [-0.25, -0.2) is 0 Å². The minimum atomic E-state index is -0.936. The Bertz CT molecular complexity index is 757. The molecule has 126 valence electrons. The maximum absolute atomic E-state index is 12.5. The van der Waals surface area contributed by atoms with Crippen molar-refractivity contribution in [1.82, 2.24) is 9.80 Å². The molecule has 1 aromatic rings. The molecule has 1 fully saturated rings. The molecule has 3 rings (SSSR count). The number of benzene rings is 1. The normalized spacial score (nSPS) is 22.9. The monoisotopic (exact) mass is 330 g/mol. The van der Waals surface area contributed by atoms with Crippen molar-refractivity contribution < 1.29 is 24.3 Å². The molecule has 7 heteroatoms. The second-order valence-corrected chi connectivity index (χ2v) is 6.31. The number of nitrogens with zero attached hydrogens (tertiary/aromatic N) is 2. The summed E-state index contributed by atoms with van der Waals surface area (Å²) in [5.41, 5.74) is 1.47. The smallest absolute Gasteiger partial charge is 0.308 e. The molecule has 0 aromatic heterocycles. The lowest BCUT2D eigenvalue weighted by Gasteiger charge is -2.25. The molecule has 7 nitrogen and oxygen atoms in total. The molecule has 0 saturated carbocycles. The number of carbonyl (C=O) groups is 4. The van der Waals surface area contributed by atoms with Crippen LogP contribution in [0.15, 0.2) is 18.2 Å². The van der Waals surface area contributed by atoms with Crippen LogP contribution < -0.4 is 0 Å². The number of carboxylic acid groups (broad SMARTS) is 1. The molecule has 1 saturated heterocycles. The molecule has 0 radical (unpaired) electrons. The lowest BCUT2D eigenvalue weighted by atomic mass is 10.0. The fourth-order valence-corrected chi connectivity index (χ4v) is 3.40. The van der Waals surface area contributed by atoms with Crippen molar-refractivity contribution in [3.63, 3.8) is 0 Å². The maximum atomic E-state index is 12.5. The Morgan fingerprint density at radius 1 is 1.21 bits per heavy atom. The third-order valence-electron chi connectivity index (χ3n) is 4.81. The van der Waals surface area contributed by atoms with E-state index in [9.17, 15) is 19.2 Å². The Hall–Kier alpha value is -2.70. The van der Waals surface area contributed by atoms with Gasteiger partial charge in [0.05, 0.1) is 17.0 Å². The van der Waals surface area contributed by atoms with E-state index in [1.807, 2.05) is 6.92 Å². The topological polar surface area (TPSA) is 95.0 Å². The summed E-state index contributed by atoms with van der Waals surface area (Å²) in [7, 11) is 0. The van der Waals surface area contributed by atoms with E-state index in [2.05, 4.69) is 0 Å². The van der Waals surface area contributed by atoms with E-state index in [4.69, 9.17) is 5.11 Å². The highest BCUT2D eigenvalue weighted by molar-refractivity contribution is 6.22. The molecule has 0 aliphatic carbocycles. The van der Waals surface area contributed by atoms with Gasteiger partial charge in [-0.05, 0) is 32.4 Å². The summed E-state index contributed by atoms with van der Waals surface area (Å²) in [6, 6.07) is 4.52. The van der Waals surface area contributed by atoms with Crippen LogP contribution in [0, 0.1) is 12.8 Å². The fourth-order valence-electron chi connectivity index (χ4n) is 3.40. The summed E-state index contributed by atoms with van der Waals surface area (Å²) in [6.45, 7) is 3.46.